The van der Waals surface area contributed by atoms with Crippen LogP contribution in [0.1, 0.15) is 19.4 Å². The van der Waals surface area contributed by atoms with E-state index >= 15 is 0 Å². The van der Waals surface area contributed by atoms with Crippen molar-refractivity contribution in [2.45, 2.75) is 19.4 Å². The van der Waals surface area contributed by atoms with Crippen molar-refractivity contribution in [1.82, 2.24) is 0 Å². The summed E-state index contributed by atoms with van der Waals surface area (Å²) < 4.78 is 22.0. The summed E-state index contributed by atoms with van der Waals surface area (Å²) in [6.07, 6.45) is 0. The van der Waals surface area contributed by atoms with Gasteiger partial charge in [-0.05, 0) is 55.3 Å². The molecule has 0 amide bonds. The van der Waals surface area contributed by atoms with Crippen LogP contribution in [0.25, 0.3) is 11.1 Å². The molecule has 1 aliphatic rings. The SMILES string of the molecule is COc1ccc(-c2ccc(OC)c(OC)c2)c(C2=NC(C)(C)CO2)c1. The van der Waals surface area contributed by atoms with E-state index in [9.17, 15) is 0 Å². The second-order valence-electron chi connectivity index (χ2n) is 6.50. The monoisotopic (exact) mass is 341 g/mol. The van der Waals surface area contributed by atoms with Gasteiger partial charge in [0.25, 0.3) is 0 Å². The molecule has 1 aliphatic heterocycles. The lowest BCUT2D eigenvalue weighted by Gasteiger charge is -2.14. The molecule has 0 N–H and O–H groups in total. The highest BCUT2D eigenvalue weighted by Crippen LogP contribution is 2.36. The van der Waals surface area contributed by atoms with Gasteiger partial charge in [-0.25, -0.2) is 4.99 Å². The van der Waals surface area contributed by atoms with Gasteiger partial charge in [-0.3, -0.25) is 0 Å². The van der Waals surface area contributed by atoms with Gasteiger partial charge in [0.1, 0.15) is 12.4 Å². The van der Waals surface area contributed by atoms with Crippen LogP contribution in [-0.4, -0.2) is 39.4 Å². The molecular weight excluding hydrogens is 318 g/mol. The molecule has 0 saturated heterocycles. The van der Waals surface area contributed by atoms with Gasteiger partial charge in [0.2, 0.25) is 5.90 Å². The van der Waals surface area contributed by atoms with E-state index in [1.165, 1.54) is 0 Å². The average molecular weight is 341 g/mol. The summed E-state index contributed by atoms with van der Waals surface area (Å²) in [4.78, 5) is 4.71. The number of rotatable bonds is 5. The minimum atomic E-state index is -0.229. The molecule has 3 rings (SSSR count). The first-order valence-electron chi connectivity index (χ1n) is 8.11. The Bertz CT molecular complexity index is 811. The standard InChI is InChI=1S/C20H23NO4/c1-20(2)12-25-19(21-20)16-11-14(22-3)7-8-15(16)13-6-9-17(23-4)18(10-13)24-5/h6-11H,12H2,1-5H3. The van der Waals surface area contributed by atoms with Crippen LogP contribution in [-0.2, 0) is 4.74 Å². The van der Waals surface area contributed by atoms with Crippen LogP contribution in [0.2, 0.25) is 0 Å². The Morgan fingerprint density at radius 3 is 2.24 bits per heavy atom. The van der Waals surface area contributed by atoms with E-state index in [0.717, 1.165) is 22.4 Å². The van der Waals surface area contributed by atoms with Crippen molar-refractivity contribution >= 4 is 5.90 Å². The van der Waals surface area contributed by atoms with Crippen molar-refractivity contribution in [2.24, 2.45) is 4.99 Å². The van der Waals surface area contributed by atoms with Crippen LogP contribution in [0, 0.1) is 0 Å². The number of nitrogens with zero attached hydrogens (tertiary/aromatic N) is 1. The summed E-state index contributed by atoms with van der Waals surface area (Å²) in [7, 11) is 4.90. The first-order valence-corrected chi connectivity index (χ1v) is 8.11. The van der Waals surface area contributed by atoms with Crippen LogP contribution < -0.4 is 14.2 Å². The molecule has 0 aromatic heterocycles. The Balaban J connectivity index is 2.14. The second kappa shape index (κ2) is 6.67. The molecular formula is C20H23NO4. The minimum absolute atomic E-state index is 0.229. The van der Waals surface area contributed by atoms with Crippen LogP contribution in [0.5, 0.6) is 17.2 Å². The fraction of sp³-hybridized carbons (Fsp3) is 0.350. The number of aliphatic imine (C=N–C) groups is 1. The topological polar surface area (TPSA) is 49.3 Å². The highest BCUT2D eigenvalue weighted by atomic mass is 16.5. The lowest BCUT2D eigenvalue weighted by Crippen LogP contribution is -2.17. The minimum Gasteiger partial charge on any atom is -0.497 e. The molecule has 0 fully saturated rings. The van der Waals surface area contributed by atoms with Gasteiger partial charge in [0.15, 0.2) is 11.5 Å². The van der Waals surface area contributed by atoms with Gasteiger partial charge in [0, 0.05) is 5.56 Å². The van der Waals surface area contributed by atoms with Crippen molar-refractivity contribution < 1.29 is 18.9 Å². The molecule has 5 nitrogen and oxygen atoms in total. The normalized spacial score (nSPS) is 15.3. The van der Waals surface area contributed by atoms with Crippen LogP contribution in [0.3, 0.4) is 0 Å². The lowest BCUT2D eigenvalue weighted by molar-refractivity contribution is 0.279. The summed E-state index contributed by atoms with van der Waals surface area (Å²) in [5, 5.41) is 0. The van der Waals surface area contributed by atoms with E-state index in [2.05, 4.69) is 13.8 Å². The molecule has 0 aliphatic carbocycles. The zero-order chi connectivity index (χ0) is 18.0. The van der Waals surface area contributed by atoms with Crippen molar-refractivity contribution in [1.29, 1.82) is 0 Å². The van der Waals surface area contributed by atoms with Gasteiger partial charge >= 0.3 is 0 Å². The van der Waals surface area contributed by atoms with Gasteiger partial charge in [-0.15, -0.1) is 0 Å². The number of methoxy groups -OCH3 is 3. The van der Waals surface area contributed by atoms with E-state index in [4.69, 9.17) is 23.9 Å². The fourth-order valence-electron chi connectivity index (χ4n) is 2.81. The maximum atomic E-state index is 5.86. The van der Waals surface area contributed by atoms with Crippen LogP contribution in [0.15, 0.2) is 41.4 Å². The van der Waals surface area contributed by atoms with E-state index in [-0.39, 0.29) is 5.54 Å². The molecule has 25 heavy (non-hydrogen) atoms. The van der Waals surface area contributed by atoms with Crippen molar-refractivity contribution in [3.8, 4) is 28.4 Å². The average Bonchev–Trinajstić information content (AvgIpc) is 3.00. The first-order chi connectivity index (χ1) is 12.0. The summed E-state index contributed by atoms with van der Waals surface area (Å²) in [5.41, 5.74) is 2.66. The number of hydrogen-bond donors (Lipinski definition) is 0. The van der Waals surface area contributed by atoms with E-state index in [1.807, 2.05) is 36.4 Å². The molecule has 0 radical (unpaired) electrons. The number of ether oxygens (including phenoxy) is 4. The summed E-state index contributed by atoms with van der Waals surface area (Å²) in [5.74, 6) is 2.76. The lowest BCUT2D eigenvalue weighted by atomic mass is 9.98. The molecule has 0 spiro atoms. The fourth-order valence-corrected chi connectivity index (χ4v) is 2.81. The first kappa shape index (κ1) is 17.1. The van der Waals surface area contributed by atoms with Gasteiger partial charge in [-0.2, -0.15) is 0 Å². The third kappa shape index (κ3) is 3.40. The molecule has 1 heterocycles. The molecule has 0 saturated carbocycles. The zero-order valence-electron chi connectivity index (χ0n) is 15.3. The van der Waals surface area contributed by atoms with Crippen molar-refractivity contribution in [3.05, 3.63) is 42.0 Å². The Hall–Kier alpha value is -2.69. The predicted molar refractivity (Wildman–Crippen MR) is 98.1 cm³/mol. The van der Waals surface area contributed by atoms with E-state index in [1.54, 1.807) is 21.3 Å². The Labute approximate surface area is 148 Å². The maximum Gasteiger partial charge on any atom is 0.217 e. The molecule has 2 aromatic rings. The third-order valence-electron chi connectivity index (χ3n) is 4.12. The van der Waals surface area contributed by atoms with Crippen molar-refractivity contribution in [3.63, 3.8) is 0 Å². The maximum absolute atomic E-state index is 5.86. The van der Waals surface area contributed by atoms with Gasteiger partial charge in [0.05, 0.1) is 26.9 Å². The number of hydrogen-bond acceptors (Lipinski definition) is 5. The molecule has 0 bridgehead atoms. The smallest absolute Gasteiger partial charge is 0.217 e. The van der Waals surface area contributed by atoms with E-state index < -0.39 is 0 Å². The van der Waals surface area contributed by atoms with Crippen LogP contribution >= 0.6 is 0 Å². The number of benzene rings is 2. The molecule has 0 unspecified atom stereocenters. The Morgan fingerprint density at radius 2 is 1.64 bits per heavy atom. The molecule has 5 heteroatoms. The predicted octanol–water partition coefficient (Wildman–Crippen LogP) is 3.93. The molecule has 2 aromatic carbocycles. The quantitative estimate of drug-likeness (QED) is 0.827. The third-order valence-corrected chi connectivity index (χ3v) is 4.12. The highest BCUT2D eigenvalue weighted by molar-refractivity contribution is 6.02. The summed E-state index contributed by atoms with van der Waals surface area (Å²) >= 11 is 0. The molecule has 132 valence electrons. The molecule has 0 atom stereocenters. The Kier molecular flexibility index (Phi) is 4.57. The largest absolute Gasteiger partial charge is 0.497 e. The van der Waals surface area contributed by atoms with E-state index in [0.29, 0.717) is 24.0 Å². The summed E-state index contributed by atoms with van der Waals surface area (Å²) in [6, 6.07) is 11.7. The zero-order valence-corrected chi connectivity index (χ0v) is 15.3. The summed E-state index contributed by atoms with van der Waals surface area (Å²) in [6.45, 7) is 4.66. The highest BCUT2D eigenvalue weighted by Gasteiger charge is 2.28. The van der Waals surface area contributed by atoms with Crippen LogP contribution in [0.4, 0.5) is 0 Å². The van der Waals surface area contributed by atoms with Gasteiger partial charge < -0.3 is 18.9 Å². The Morgan fingerprint density at radius 1 is 0.880 bits per heavy atom. The van der Waals surface area contributed by atoms with Gasteiger partial charge in [-0.1, -0.05) is 6.07 Å². The second-order valence-corrected chi connectivity index (χ2v) is 6.50. The van der Waals surface area contributed by atoms with Crippen molar-refractivity contribution in [2.75, 3.05) is 27.9 Å².